The zero-order valence-electron chi connectivity index (χ0n) is 13.3. The largest absolute Gasteiger partial charge is 0.345 e. The lowest BCUT2D eigenvalue weighted by molar-refractivity contribution is -0.138. The van der Waals surface area contributed by atoms with Gasteiger partial charge in [-0.3, -0.25) is 9.69 Å². The maximum atomic E-state index is 13.1. The highest BCUT2D eigenvalue weighted by Gasteiger charge is 2.45. The number of rotatable bonds is 4. The van der Waals surface area contributed by atoms with Gasteiger partial charge in [0.2, 0.25) is 5.91 Å². The molecule has 2 heterocycles. The van der Waals surface area contributed by atoms with Gasteiger partial charge in [0.25, 0.3) is 0 Å². The van der Waals surface area contributed by atoms with Gasteiger partial charge in [-0.25, -0.2) is 0 Å². The monoisotopic (exact) mass is 306 g/mol. The van der Waals surface area contributed by atoms with Crippen molar-refractivity contribution in [2.24, 2.45) is 0 Å². The number of carbonyl (C=O) groups is 1. The summed E-state index contributed by atoms with van der Waals surface area (Å²) in [6.45, 7) is 4.00. The summed E-state index contributed by atoms with van der Waals surface area (Å²) in [7, 11) is 0. The number of amides is 1. The molecule has 7 heteroatoms. The number of H-pyrrole nitrogens is 1. The Morgan fingerprint density at radius 1 is 1.18 bits per heavy atom. The van der Waals surface area contributed by atoms with Crippen LogP contribution in [0.1, 0.15) is 70.2 Å². The average Bonchev–Trinajstić information content (AvgIpc) is 3.11. The number of likely N-dealkylation sites (tertiary alicyclic amines) is 1. The summed E-state index contributed by atoms with van der Waals surface area (Å²) in [5.74, 6) is 0.685. The number of piperidine rings is 1. The summed E-state index contributed by atoms with van der Waals surface area (Å²) in [6.07, 6.45) is 9.15. The standard InChI is InChI=1S/C15H26N6O/c1-12(13-17-19-20-18-13)16-14(22)15(8-4-2-5-9-15)21-10-6-3-7-11-21/h12H,2-11H2,1H3,(H,16,22)(H,17,18,19,20)/t12-/m1/s1. The zero-order chi connectivity index (χ0) is 15.4. The third kappa shape index (κ3) is 2.99. The molecule has 0 radical (unpaired) electrons. The normalized spacial score (nSPS) is 23.9. The van der Waals surface area contributed by atoms with E-state index < -0.39 is 0 Å². The number of carbonyl (C=O) groups excluding carboxylic acids is 1. The van der Waals surface area contributed by atoms with Gasteiger partial charge in [0.1, 0.15) is 5.54 Å². The molecule has 0 aromatic carbocycles. The van der Waals surface area contributed by atoms with Crippen LogP contribution in [-0.4, -0.2) is 50.1 Å². The van der Waals surface area contributed by atoms with Gasteiger partial charge >= 0.3 is 0 Å². The van der Waals surface area contributed by atoms with Crippen LogP contribution in [0.5, 0.6) is 0 Å². The lowest BCUT2D eigenvalue weighted by atomic mass is 9.78. The maximum absolute atomic E-state index is 13.1. The quantitative estimate of drug-likeness (QED) is 0.881. The van der Waals surface area contributed by atoms with Crippen LogP contribution in [0.25, 0.3) is 0 Å². The Kier molecular flexibility index (Phi) is 4.71. The predicted octanol–water partition coefficient (Wildman–Crippen LogP) is 1.57. The van der Waals surface area contributed by atoms with Crippen LogP contribution >= 0.6 is 0 Å². The fourth-order valence-electron chi connectivity index (χ4n) is 3.89. The molecule has 7 nitrogen and oxygen atoms in total. The van der Waals surface area contributed by atoms with E-state index in [1.165, 1.54) is 25.7 Å². The van der Waals surface area contributed by atoms with E-state index in [4.69, 9.17) is 0 Å². The Morgan fingerprint density at radius 3 is 2.50 bits per heavy atom. The second-order valence-corrected chi connectivity index (χ2v) is 6.61. The van der Waals surface area contributed by atoms with Gasteiger partial charge in [-0.1, -0.05) is 30.9 Å². The third-order valence-corrected chi connectivity index (χ3v) is 5.16. The Balaban J connectivity index is 1.74. The number of tetrazole rings is 1. The number of aromatic nitrogens is 4. The van der Waals surface area contributed by atoms with E-state index in [1.54, 1.807) is 0 Å². The second-order valence-electron chi connectivity index (χ2n) is 6.61. The van der Waals surface area contributed by atoms with Crippen molar-refractivity contribution < 1.29 is 4.79 Å². The molecule has 2 N–H and O–H groups in total. The first kappa shape index (κ1) is 15.4. The molecule has 0 unspecified atom stereocenters. The van der Waals surface area contributed by atoms with Gasteiger partial charge < -0.3 is 5.32 Å². The van der Waals surface area contributed by atoms with Crippen LogP contribution in [0.3, 0.4) is 0 Å². The van der Waals surface area contributed by atoms with Gasteiger partial charge in [0, 0.05) is 0 Å². The van der Waals surface area contributed by atoms with E-state index in [0.717, 1.165) is 38.8 Å². The van der Waals surface area contributed by atoms with Crippen molar-refractivity contribution in [3.8, 4) is 0 Å². The van der Waals surface area contributed by atoms with Crippen molar-refractivity contribution in [1.82, 2.24) is 30.8 Å². The SMILES string of the molecule is C[C@@H](NC(=O)C1(N2CCCCC2)CCCCC1)c1nn[nH]n1. The van der Waals surface area contributed by atoms with E-state index >= 15 is 0 Å². The van der Waals surface area contributed by atoms with Crippen LogP contribution in [0.2, 0.25) is 0 Å². The maximum Gasteiger partial charge on any atom is 0.241 e. The summed E-state index contributed by atoms with van der Waals surface area (Å²) in [5.41, 5.74) is -0.323. The van der Waals surface area contributed by atoms with Crippen LogP contribution in [0.4, 0.5) is 0 Å². The molecular formula is C15H26N6O. The van der Waals surface area contributed by atoms with Gasteiger partial charge in [-0.15, -0.1) is 10.2 Å². The molecule has 1 saturated carbocycles. The third-order valence-electron chi connectivity index (χ3n) is 5.16. The molecule has 1 aromatic rings. The minimum atomic E-state index is -0.323. The molecule has 1 aromatic heterocycles. The van der Waals surface area contributed by atoms with Crippen molar-refractivity contribution in [1.29, 1.82) is 0 Å². The molecule has 1 aliphatic carbocycles. The first-order valence-electron chi connectivity index (χ1n) is 8.52. The fraction of sp³-hybridized carbons (Fsp3) is 0.867. The van der Waals surface area contributed by atoms with Crippen molar-refractivity contribution in [3.63, 3.8) is 0 Å². The smallest absolute Gasteiger partial charge is 0.241 e. The van der Waals surface area contributed by atoms with E-state index in [0.29, 0.717) is 5.82 Å². The van der Waals surface area contributed by atoms with Crippen molar-refractivity contribution in [2.45, 2.75) is 69.9 Å². The Morgan fingerprint density at radius 2 is 1.86 bits per heavy atom. The Bertz CT molecular complexity index is 476. The minimum absolute atomic E-state index is 0.145. The second kappa shape index (κ2) is 6.73. The van der Waals surface area contributed by atoms with Gasteiger partial charge in [-0.2, -0.15) is 5.21 Å². The lowest BCUT2D eigenvalue weighted by Crippen LogP contribution is -2.61. The van der Waals surface area contributed by atoms with E-state index in [2.05, 4.69) is 30.8 Å². The zero-order valence-corrected chi connectivity index (χ0v) is 13.3. The molecule has 2 fully saturated rings. The number of nitrogens with one attached hydrogen (secondary N) is 2. The van der Waals surface area contributed by atoms with Gasteiger partial charge in [0.15, 0.2) is 5.82 Å². The highest BCUT2D eigenvalue weighted by molar-refractivity contribution is 5.86. The predicted molar refractivity (Wildman–Crippen MR) is 82.0 cm³/mol. The summed E-state index contributed by atoms with van der Waals surface area (Å²) in [6, 6.07) is -0.213. The number of hydrogen-bond donors (Lipinski definition) is 2. The number of hydrogen-bond acceptors (Lipinski definition) is 5. The first-order valence-corrected chi connectivity index (χ1v) is 8.52. The van der Waals surface area contributed by atoms with E-state index in [9.17, 15) is 4.79 Å². The van der Waals surface area contributed by atoms with Crippen LogP contribution in [-0.2, 0) is 4.79 Å². The minimum Gasteiger partial charge on any atom is -0.345 e. The topological polar surface area (TPSA) is 86.8 Å². The van der Waals surface area contributed by atoms with Crippen LogP contribution in [0, 0.1) is 0 Å². The molecule has 2 aliphatic rings. The van der Waals surface area contributed by atoms with Gasteiger partial charge in [-0.05, 0) is 45.7 Å². The molecule has 0 spiro atoms. The van der Waals surface area contributed by atoms with E-state index in [1.807, 2.05) is 6.92 Å². The molecule has 122 valence electrons. The number of aromatic amines is 1. The fourth-order valence-corrected chi connectivity index (χ4v) is 3.89. The Hall–Kier alpha value is -1.50. The first-order chi connectivity index (χ1) is 10.7. The molecule has 1 atom stereocenters. The van der Waals surface area contributed by atoms with Crippen molar-refractivity contribution in [2.75, 3.05) is 13.1 Å². The van der Waals surface area contributed by atoms with Crippen molar-refractivity contribution in [3.05, 3.63) is 5.82 Å². The molecular weight excluding hydrogens is 280 g/mol. The molecule has 0 bridgehead atoms. The molecule has 1 amide bonds. The lowest BCUT2D eigenvalue weighted by Gasteiger charge is -2.47. The highest BCUT2D eigenvalue weighted by Crippen LogP contribution is 2.36. The van der Waals surface area contributed by atoms with E-state index in [-0.39, 0.29) is 17.5 Å². The summed E-state index contributed by atoms with van der Waals surface area (Å²) < 4.78 is 0. The molecule has 1 saturated heterocycles. The van der Waals surface area contributed by atoms with Gasteiger partial charge in [0.05, 0.1) is 6.04 Å². The van der Waals surface area contributed by atoms with Crippen LogP contribution in [0.15, 0.2) is 0 Å². The number of nitrogens with zero attached hydrogens (tertiary/aromatic N) is 4. The highest BCUT2D eigenvalue weighted by atomic mass is 16.2. The van der Waals surface area contributed by atoms with Crippen molar-refractivity contribution >= 4 is 5.91 Å². The molecule has 3 rings (SSSR count). The molecule has 22 heavy (non-hydrogen) atoms. The summed E-state index contributed by atoms with van der Waals surface area (Å²) in [5, 5.41) is 17.1. The van der Waals surface area contributed by atoms with Crippen LogP contribution < -0.4 is 5.32 Å². The average molecular weight is 306 g/mol. The summed E-state index contributed by atoms with van der Waals surface area (Å²) in [4.78, 5) is 15.5. The molecule has 1 aliphatic heterocycles. The Labute approximate surface area is 131 Å². The summed E-state index contributed by atoms with van der Waals surface area (Å²) >= 11 is 0.